The van der Waals surface area contributed by atoms with E-state index in [0.717, 1.165) is 22.3 Å². The van der Waals surface area contributed by atoms with Gasteiger partial charge in [0.25, 0.3) is 0 Å². The number of rotatable bonds is 2. The van der Waals surface area contributed by atoms with Gasteiger partial charge < -0.3 is 4.74 Å². The number of esters is 1. The zero-order valence-electron chi connectivity index (χ0n) is 11.2. The van der Waals surface area contributed by atoms with Crippen molar-refractivity contribution in [3.05, 3.63) is 40.7 Å². The molecule has 0 saturated carbocycles. The average molecular weight is 274 g/mol. The number of carbonyl (C=O) groups is 2. The zero-order chi connectivity index (χ0) is 14.3. The van der Waals surface area contributed by atoms with Crippen molar-refractivity contribution in [1.82, 2.24) is 0 Å². The van der Waals surface area contributed by atoms with Crippen molar-refractivity contribution >= 4 is 17.3 Å². The van der Waals surface area contributed by atoms with Gasteiger partial charge in [-0.1, -0.05) is 11.6 Å². The molecule has 1 aromatic carbocycles. The molecule has 1 atom stereocenters. The molecule has 0 aliphatic heterocycles. The summed E-state index contributed by atoms with van der Waals surface area (Å²) in [5.74, 6) is -1.57. The van der Waals surface area contributed by atoms with E-state index in [-0.39, 0.29) is 24.6 Å². The van der Waals surface area contributed by atoms with Gasteiger partial charge in [0.15, 0.2) is 5.78 Å². The van der Waals surface area contributed by atoms with Gasteiger partial charge >= 0.3 is 5.97 Å². The highest BCUT2D eigenvalue weighted by Crippen LogP contribution is 2.42. The van der Waals surface area contributed by atoms with E-state index in [1.54, 1.807) is 13.0 Å². The Balaban J connectivity index is 1.93. The summed E-state index contributed by atoms with van der Waals surface area (Å²) in [5, 5.41) is 0. The lowest BCUT2D eigenvalue weighted by Gasteiger charge is -2.21. The maximum absolute atomic E-state index is 13.4. The Hall–Kier alpha value is -1.97. The molecule has 1 unspecified atom stereocenters. The summed E-state index contributed by atoms with van der Waals surface area (Å²) in [5.41, 5.74) is 3.86. The second-order valence-corrected chi connectivity index (χ2v) is 5.21. The number of hydrogen-bond donors (Lipinski definition) is 0. The van der Waals surface area contributed by atoms with Gasteiger partial charge in [-0.2, -0.15) is 0 Å². The molecule has 0 N–H and O–H groups in total. The topological polar surface area (TPSA) is 43.4 Å². The van der Waals surface area contributed by atoms with Crippen LogP contribution >= 0.6 is 0 Å². The number of ether oxygens (including phenoxy) is 1. The third-order valence-corrected chi connectivity index (χ3v) is 3.98. The molecule has 0 aromatic heterocycles. The van der Waals surface area contributed by atoms with Crippen molar-refractivity contribution in [2.75, 3.05) is 6.61 Å². The number of halogens is 1. The second kappa shape index (κ2) is 4.85. The van der Waals surface area contributed by atoms with Gasteiger partial charge in [0.1, 0.15) is 11.7 Å². The quantitative estimate of drug-likeness (QED) is 0.615. The van der Waals surface area contributed by atoms with E-state index < -0.39 is 11.9 Å². The molecule has 1 aromatic rings. The summed E-state index contributed by atoms with van der Waals surface area (Å²) >= 11 is 0. The molecule has 0 heterocycles. The van der Waals surface area contributed by atoms with Crippen molar-refractivity contribution in [3.8, 4) is 0 Å². The Kier molecular flexibility index (Phi) is 3.16. The van der Waals surface area contributed by atoms with Crippen LogP contribution < -0.4 is 0 Å². The lowest BCUT2D eigenvalue weighted by molar-refractivity contribution is -0.151. The van der Waals surface area contributed by atoms with Gasteiger partial charge in [-0.05, 0) is 48.6 Å². The second-order valence-electron chi connectivity index (χ2n) is 5.21. The first-order chi connectivity index (χ1) is 9.60. The van der Waals surface area contributed by atoms with Crippen LogP contribution in [0.4, 0.5) is 4.39 Å². The van der Waals surface area contributed by atoms with Crippen LogP contribution in [0.3, 0.4) is 0 Å². The van der Waals surface area contributed by atoms with Crippen LogP contribution in [0.2, 0.25) is 0 Å². The summed E-state index contributed by atoms with van der Waals surface area (Å²) in [6.45, 7) is 1.98. The van der Waals surface area contributed by atoms with Crippen LogP contribution in [0, 0.1) is 11.7 Å². The van der Waals surface area contributed by atoms with E-state index >= 15 is 0 Å². The van der Waals surface area contributed by atoms with Crippen molar-refractivity contribution in [1.29, 1.82) is 0 Å². The van der Waals surface area contributed by atoms with E-state index in [1.807, 2.05) is 0 Å². The summed E-state index contributed by atoms with van der Waals surface area (Å²) < 4.78 is 18.3. The maximum Gasteiger partial charge on any atom is 0.316 e. The van der Waals surface area contributed by atoms with E-state index in [0.29, 0.717) is 12.8 Å². The van der Waals surface area contributed by atoms with Crippen molar-refractivity contribution in [2.45, 2.75) is 26.2 Å². The Morgan fingerprint density at radius 1 is 1.40 bits per heavy atom. The molecule has 104 valence electrons. The van der Waals surface area contributed by atoms with E-state index in [9.17, 15) is 14.0 Å². The minimum absolute atomic E-state index is 0.0875. The minimum atomic E-state index is -0.733. The lowest BCUT2D eigenvalue weighted by atomic mass is 9.83. The van der Waals surface area contributed by atoms with Gasteiger partial charge in [-0.3, -0.25) is 9.59 Å². The number of carbonyl (C=O) groups excluding carboxylic acids is 2. The fourth-order valence-corrected chi connectivity index (χ4v) is 3.04. The van der Waals surface area contributed by atoms with Gasteiger partial charge in [0, 0.05) is 6.42 Å². The smallest absolute Gasteiger partial charge is 0.316 e. The summed E-state index contributed by atoms with van der Waals surface area (Å²) in [6.07, 6.45) is 1.30. The van der Waals surface area contributed by atoms with Crippen LogP contribution in [0.5, 0.6) is 0 Å². The number of hydrogen-bond acceptors (Lipinski definition) is 3. The monoisotopic (exact) mass is 274 g/mol. The van der Waals surface area contributed by atoms with Crippen LogP contribution in [0.1, 0.15) is 30.9 Å². The third kappa shape index (κ3) is 2.05. The highest BCUT2D eigenvalue weighted by molar-refractivity contribution is 6.05. The van der Waals surface area contributed by atoms with Crippen molar-refractivity contribution < 1.29 is 18.7 Å². The Morgan fingerprint density at radius 3 is 2.95 bits per heavy atom. The molecule has 3 nitrogen and oxygen atoms in total. The molecular weight excluding hydrogens is 259 g/mol. The molecule has 4 heteroatoms. The molecule has 0 radical (unpaired) electrons. The lowest BCUT2D eigenvalue weighted by Crippen LogP contribution is -2.29. The summed E-state index contributed by atoms with van der Waals surface area (Å²) in [4.78, 5) is 23.9. The first kappa shape index (κ1) is 13.0. The highest BCUT2D eigenvalue weighted by Gasteiger charge is 2.37. The van der Waals surface area contributed by atoms with Gasteiger partial charge in [0.05, 0.1) is 6.61 Å². The summed E-state index contributed by atoms with van der Waals surface area (Å²) in [6, 6.07) is 4.68. The molecule has 0 spiro atoms. The number of ketones is 1. The van der Waals surface area contributed by atoms with Crippen LogP contribution in [-0.4, -0.2) is 18.4 Å². The minimum Gasteiger partial charge on any atom is -0.465 e. The first-order valence-corrected chi connectivity index (χ1v) is 6.79. The van der Waals surface area contributed by atoms with E-state index in [4.69, 9.17) is 4.74 Å². The fourth-order valence-electron chi connectivity index (χ4n) is 3.04. The predicted molar refractivity (Wildman–Crippen MR) is 71.4 cm³/mol. The highest BCUT2D eigenvalue weighted by atomic mass is 19.1. The number of allylic oxidation sites excluding steroid dienone is 2. The normalized spacial score (nSPS) is 20.7. The van der Waals surface area contributed by atoms with Crippen LogP contribution in [0.15, 0.2) is 23.8 Å². The zero-order valence-corrected chi connectivity index (χ0v) is 11.2. The first-order valence-electron chi connectivity index (χ1n) is 6.79. The summed E-state index contributed by atoms with van der Waals surface area (Å²) in [7, 11) is 0. The maximum atomic E-state index is 13.4. The predicted octanol–water partition coefficient (Wildman–Crippen LogP) is 2.68. The van der Waals surface area contributed by atoms with Gasteiger partial charge in [0.2, 0.25) is 0 Å². The fraction of sp³-hybridized carbons (Fsp3) is 0.375. The molecule has 0 bridgehead atoms. The average Bonchev–Trinajstić information content (AvgIpc) is 2.74. The van der Waals surface area contributed by atoms with Gasteiger partial charge in [-0.15, -0.1) is 0 Å². The van der Waals surface area contributed by atoms with Crippen molar-refractivity contribution in [2.24, 2.45) is 5.92 Å². The number of benzene rings is 1. The molecule has 2 aliphatic carbocycles. The number of Topliss-reactive ketones (excluding diaryl/α,β-unsaturated/α-hetero) is 1. The Morgan fingerprint density at radius 2 is 2.20 bits per heavy atom. The SMILES string of the molecule is CCOC(=O)C1CC2=C(CC1=O)Cc1ccc(F)cc12. The van der Waals surface area contributed by atoms with Crippen molar-refractivity contribution in [3.63, 3.8) is 0 Å². The Labute approximate surface area is 116 Å². The largest absolute Gasteiger partial charge is 0.465 e. The van der Waals surface area contributed by atoms with Gasteiger partial charge in [-0.25, -0.2) is 4.39 Å². The van der Waals surface area contributed by atoms with E-state index in [2.05, 4.69) is 0 Å². The molecule has 0 saturated heterocycles. The third-order valence-electron chi connectivity index (χ3n) is 3.98. The van der Waals surface area contributed by atoms with Crippen LogP contribution in [0.25, 0.3) is 5.57 Å². The molecule has 0 fully saturated rings. The molecule has 2 aliphatic rings. The molecule has 20 heavy (non-hydrogen) atoms. The molecular formula is C16H15FO3. The van der Waals surface area contributed by atoms with Crippen LogP contribution in [-0.2, 0) is 20.7 Å². The molecule has 0 amide bonds. The Bertz CT molecular complexity index is 631. The standard InChI is InChI=1S/C16H15FO3/c1-2-20-16(19)14-8-13-10(6-15(14)18)5-9-3-4-11(17)7-12(9)13/h3-4,7,14H,2,5-6,8H2,1H3. The van der Waals surface area contributed by atoms with E-state index in [1.165, 1.54) is 12.1 Å². The molecule has 3 rings (SSSR count). The number of fused-ring (bicyclic) bond motifs is 2.